The number of hydrogen-bond acceptors (Lipinski definition) is 4. The van der Waals surface area contributed by atoms with Gasteiger partial charge in [0.05, 0.1) is 20.2 Å². The van der Waals surface area contributed by atoms with Gasteiger partial charge in [0.1, 0.15) is 17.1 Å². The molecule has 0 aliphatic carbocycles. The highest BCUT2D eigenvalue weighted by molar-refractivity contribution is 5.94. The summed E-state index contributed by atoms with van der Waals surface area (Å²) in [6.45, 7) is 3.02. The van der Waals surface area contributed by atoms with E-state index in [0.717, 1.165) is 22.6 Å². The SMILES string of the molecule is COc1ccc(C(=O)NCc2nc3cccnc3n2Cc2ccc(C)cc2)cc1. The Morgan fingerprint density at radius 1 is 1.07 bits per heavy atom. The molecule has 29 heavy (non-hydrogen) atoms. The number of aromatic nitrogens is 3. The molecular weight excluding hydrogens is 364 g/mol. The molecule has 2 aromatic carbocycles. The van der Waals surface area contributed by atoms with Gasteiger partial charge in [-0.15, -0.1) is 0 Å². The van der Waals surface area contributed by atoms with Crippen LogP contribution in [0.3, 0.4) is 0 Å². The van der Waals surface area contributed by atoms with E-state index in [-0.39, 0.29) is 5.91 Å². The Bertz CT molecular complexity index is 1130. The van der Waals surface area contributed by atoms with Crippen molar-refractivity contribution in [2.45, 2.75) is 20.0 Å². The second kappa shape index (κ2) is 8.14. The zero-order chi connectivity index (χ0) is 20.2. The lowest BCUT2D eigenvalue weighted by molar-refractivity contribution is 0.0949. The molecule has 1 N–H and O–H groups in total. The van der Waals surface area contributed by atoms with Gasteiger partial charge in [0.15, 0.2) is 5.65 Å². The molecule has 2 aromatic heterocycles. The lowest BCUT2D eigenvalue weighted by Crippen LogP contribution is -2.25. The number of benzene rings is 2. The molecule has 0 radical (unpaired) electrons. The quantitative estimate of drug-likeness (QED) is 0.548. The topological polar surface area (TPSA) is 69.0 Å². The summed E-state index contributed by atoms with van der Waals surface area (Å²) in [5, 5.41) is 2.96. The number of ether oxygens (including phenoxy) is 1. The van der Waals surface area contributed by atoms with Crippen molar-refractivity contribution in [1.29, 1.82) is 0 Å². The van der Waals surface area contributed by atoms with E-state index in [1.807, 2.05) is 16.7 Å². The van der Waals surface area contributed by atoms with Crippen LogP contribution in [0.5, 0.6) is 5.75 Å². The molecule has 4 aromatic rings. The Morgan fingerprint density at radius 3 is 2.55 bits per heavy atom. The summed E-state index contributed by atoms with van der Waals surface area (Å²) in [5.41, 5.74) is 4.57. The number of nitrogens with zero attached hydrogens (tertiary/aromatic N) is 3. The fourth-order valence-corrected chi connectivity index (χ4v) is 3.19. The van der Waals surface area contributed by atoms with Gasteiger partial charge < -0.3 is 14.6 Å². The standard InChI is InChI=1S/C23H22N4O2/c1-16-5-7-17(8-6-16)15-27-21(26-20-4-3-13-24-22(20)27)14-25-23(28)18-9-11-19(29-2)12-10-18/h3-13H,14-15H2,1-2H3,(H,25,28). The van der Waals surface area contributed by atoms with Gasteiger partial charge in [-0.1, -0.05) is 29.8 Å². The van der Waals surface area contributed by atoms with Crippen molar-refractivity contribution in [2.75, 3.05) is 7.11 Å². The maximum atomic E-state index is 12.5. The van der Waals surface area contributed by atoms with Crippen molar-refractivity contribution < 1.29 is 9.53 Å². The number of carbonyl (C=O) groups excluding carboxylic acids is 1. The van der Waals surface area contributed by atoms with E-state index in [1.54, 1.807) is 37.6 Å². The highest BCUT2D eigenvalue weighted by atomic mass is 16.5. The van der Waals surface area contributed by atoms with E-state index in [0.29, 0.717) is 24.4 Å². The van der Waals surface area contributed by atoms with Gasteiger partial charge in [0.25, 0.3) is 5.91 Å². The highest BCUT2D eigenvalue weighted by Crippen LogP contribution is 2.17. The average molecular weight is 386 g/mol. The predicted molar refractivity (Wildman–Crippen MR) is 112 cm³/mol. The predicted octanol–water partition coefficient (Wildman–Crippen LogP) is 3.73. The Kier molecular flexibility index (Phi) is 5.24. The molecule has 0 fully saturated rings. The number of pyridine rings is 1. The van der Waals surface area contributed by atoms with Crippen LogP contribution in [0.1, 0.15) is 27.3 Å². The fourth-order valence-electron chi connectivity index (χ4n) is 3.19. The third-order valence-corrected chi connectivity index (χ3v) is 4.80. The Hall–Kier alpha value is -3.67. The Morgan fingerprint density at radius 2 is 1.83 bits per heavy atom. The molecule has 6 nitrogen and oxygen atoms in total. The van der Waals surface area contributed by atoms with Crippen LogP contribution in [0.15, 0.2) is 66.9 Å². The summed E-state index contributed by atoms with van der Waals surface area (Å²) in [7, 11) is 1.60. The largest absolute Gasteiger partial charge is 0.497 e. The van der Waals surface area contributed by atoms with Gasteiger partial charge in [0.2, 0.25) is 0 Å². The molecule has 0 unspecified atom stereocenters. The molecular formula is C23H22N4O2. The zero-order valence-electron chi connectivity index (χ0n) is 16.4. The van der Waals surface area contributed by atoms with Crippen molar-refractivity contribution in [2.24, 2.45) is 0 Å². The summed E-state index contributed by atoms with van der Waals surface area (Å²) >= 11 is 0. The maximum Gasteiger partial charge on any atom is 0.251 e. The van der Waals surface area contributed by atoms with E-state index in [1.165, 1.54) is 5.56 Å². The smallest absolute Gasteiger partial charge is 0.251 e. The van der Waals surface area contributed by atoms with Crippen molar-refractivity contribution in [3.8, 4) is 5.75 Å². The number of aryl methyl sites for hydroxylation is 1. The van der Waals surface area contributed by atoms with Gasteiger partial charge in [0, 0.05) is 11.8 Å². The van der Waals surface area contributed by atoms with E-state index in [2.05, 4.69) is 46.5 Å². The molecule has 146 valence electrons. The number of imidazole rings is 1. The molecule has 0 aliphatic heterocycles. The number of methoxy groups -OCH3 is 1. The Labute approximate surface area is 169 Å². The van der Waals surface area contributed by atoms with Crippen LogP contribution >= 0.6 is 0 Å². The monoisotopic (exact) mass is 386 g/mol. The number of fused-ring (bicyclic) bond motifs is 1. The average Bonchev–Trinajstić information content (AvgIpc) is 3.11. The minimum atomic E-state index is -0.158. The summed E-state index contributed by atoms with van der Waals surface area (Å²) in [6.07, 6.45) is 1.76. The molecule has 6 heteroatoms. The lowest BCUT2D eigenvalue weighted by atomic mass is 10.1. The van der Waals surface area contributed by atoms with Crippen LogP contribution in [0.2, 0.25) is 0 Å². The van der Waals surface area contributed by atoms with Crippen LogP contribution in [0.4, 0.5) is 0 Å². The van der Waals surface area contributed by atoms with Crippen LogP contribution in [-0.4, -0.2) is 27.6 Å². The van der Waals surface area contributed by atoms with Gasteiger partial charge in [-0.2, -0.15) is 0 Å². The van der Waals surface area contributed by atoms with Crippen molar-refractivity contribution in [1.82, 2.24) is 19.9 Å². The van der Waals surface area contributed by atoms with Crippen LogP contribution in [0, 0.1) is 6.92 Å². The molecule has 0 saturated carbocycles. The van der Waals surface area contributed by atoms with Crippen LogP contribution in [0.25, 0.3) is 11.2 Å². The number of amides is 1. The molecule has 1 amide bonds. The number of carbonyl (C=O) groups is 1. The van der Waals surface area contributed by atoms with Crippen molar-refractivity contribution in [3.63, 3.8) is 0 Å². The van der Waals surface area contributed by atoms with Crippen LogP contribution in [-0.2, 0) is 13.1 Å². The summed E-state index contributed by atoms with van der Waals surface area (Å²) < 4.78 is 7.19. The molecule has 0 bridgehead atoms. The molecule has 2 heterocycles. The molecule has 0 saturated heterocycles. The summed E-state index contributed by atoms with van der Waals surface area (Å²) in [5.74, 6) is 1.32. The third kappa shape index (κ3) is 4.11. The maximum absolute atomic E-state index is 12.5. The molecule has 0 atom stereocenters. The summed E-state index contributed by atoms with van der Waals surface area (Å²) in [4.78, 5) is 21.7. The van der Waals surface area contributed by atoms with E-state index >= 15 is 0 Å². The van der Waals surface area contributed by atoms with E-state index in [9.17, 15) is 4.79 Å². The first kappa shape index (κ1) is 18.7. The third-order valence-electron chi connectivity index (χ3n) is 4.80. The minimum absolute atomic E-state index is 0.158. The zero-order valence-corrected chi connectivity index (χ0v) is 16.4. The van der Waals surface area contributed by atoms with Crippen molar-refractivity contribution in [3.05, 3.63) is 89.4 Å². The van der Waals surface area contributed by atoms with E-state index in [4.69, 9.17) is 4.74 Å². The molecule has 4 rings (SSSR count). The first-order valence-electron chi connectivity index (χ1n) is 9.42. The second-order valence-electron chi connectivity index (χ2n) is 6.86. The lowest BCUT2D eigenvalue weighted by Gasteiger charge is -2.10. The Balaban J connectivity index is 1.57. The van der Waals surface area contributed by atoms with Gasteiger partial charge >= 0.3 is 0 Å². The highest BCUT2D eigenvalue weighted by Gasteiger charge is 2.14. The normalized spacial score (nSPS) is 10.8. The fraction of sp³-hybridized carbons (Fsp3) is 0.174. The second-order valence-corrected chi connectivity index (χ2v) is 6.86. The van der Waals surface area contributed by atoms with Gasteiger partial charge in [-0.3, -0.25) is 4.79 Å². The van der Waals surface area contributed by atoms with Gasteiger partial charge in [-0.25, -0.2) is 9.97 Å². The first-order valence-corrected chi connectivity index (χ1v) is 9.42. The molecule has 0 aliphatic rings. The first-order chi connectivity index (χ1) is 14.1. The number of nitrogens with one attached hydrogen (secondary N) is 1. The van der Waals surface area contributed by atoms with Crippen molar-refractivity contribution >= 4 is 17.1 Å². The number of rotatable bonds is 6. The summed E-state index contributed by atoms with van der Waals surface area (Å²) in [6, 6.07) is 19.2. The van der Waals surface area contributed by atoms with Gasteiger partial charge in [-0.05, 0) is 48.9 Å². The van der Waals surface area contributed by atoms with E-state index < -0.39 is 0 Å². The number of hydrogen-bond donors (Lipinski definition) is 1. The van der Waals surface area contributed by atoms with Crippen LogP contribution < -0.4 is 10.1 Å². The minimum Gasteiger partial charge on any atom is -0.497 e. The molecule has 0 spiro atoms.